The van der Waals surface area contributed by atoms with E-state index >= 15 is 0 Å². The summed E-state index contributed by atoms with van der Waals surface area (Å²) in [6.07, 6.45) is 6.89. The summed E-state index contributed by atoms with van der Waals surface area (Å²) in [4.78, 5) is 4.85. The second-order valence-corrected chi connectivity index (χ2v) is 6.80. The highest BCUT2D eigenvalue weighted by molar-refractivity contribution is 5.84. The highest BCUT2D eigenvalue weighted by Gasteiger charge is 2.15. The predicted octanol–water partition coefficient (Wildman–Crippen LogP) is 6.26. The second-order valence-electron chi connectivity index (χ2n) is 6.80. The van der Waals surface area contributed by atoms with Crippen molar-refractivity contribution < 1.29 is 0 Å². The molecule has 1 nitrogen and oxygen atoms in total. The van der Waals surface area contributed by atoms with Gasteiger partial charge in [-0.05, 0) is 48.9 Å². The Balaban J connectivity index is 1.67. The lowest BCUT2D eigenvalue weighted by atomic mass is 9.84. The molecule has 1 saturated carbocycles. The summed E-state index contributed by atoms with van der Waals surface area (Å²) < 4.78 is 0. The van der Waals surface area contributed by atoms with Crippen LogP contribution in [0.15, 0.2) is 54.6 Å². The van der Waals surface area contributed by atoms with Crippen LogP contribution in [0.3, 0.4) is 0 Å². The number of benzene rings is 2. The summed E-state index contributed by atoms with van der Waals surface area (Å²) in [5.41, 5.74) is 6.18. The average molecular weight is 301 g/mol. The maximum atomic E-state index is 4.85. The maximum absolute atomic E-state index is 4.85. The van der Waals surface area contributed by atoms with Gasteiger partial charge in [0.05, 0.1) is 11.2 Å². The zero-order valence-electron chi connectivity index (χ0n) is 13.8. The molecule has 1 aliphatic carbocycles. The minimum atomic E-state index is 0.768. The number of hydrogen-bond donors (Lipinski definition) is 0. The van der Waals surface area contributed by atoms with Crippen molar-refractivity contribution in [1.29, 1.82) is 0 Å². The van der Waals surface area contributed by atoms with Gasteiger partial charge in [0.1, 0.15) is 0 Å². The molecular weight excluding hydrogens is 278 g/mol. The first-order chi connectivity index (χ1) is 11.3. The summed E-state index contributed by atoms with van der Waals surface area (Å²) in [5.74, 6) is 0.768. The molecule has 0 aliphatic heterocycles. The van der Waals surface area contributed by atoms with Gasteiger partial charge >= 0.3 is 0 Å². The van der Waals surface area contributed by atoms with E-state index < -0.39 is 0 Å². The van der Waals surface area contributed by atoms with E-state index in [0.717, 1.165) is 17.1 Å². The van der Waals surface area contributed by atoms with Crippen LogP contribution in [0.1, 0.15) is 49.1 Å². The minimum Gasteiger partial charge on any atom is -0.248 e. The summed E-state index contributed by atoms with van der Waals surface area (Å²) in [6, 6.07) is 19.7. The molecule has 2 aromatic carbocycles. The molecule has 1 aliphatic rings. The second kappa shape index (κ2) is 6.16. The predicted molar refractivity (Wildman–Crippen MR) is 97.7 cm³/mol. The molecule has 0 saturated heterocycles. The Bertz CT molecular complexity index is 811. The fourth-order valence-corrected chi connectivity index (χ4v) is 3.86. The summed E-state index contributed by atoms with van der Waals surface area (Å²) in [6.45, 7) is 2.17. The molecule has 1 fully saturated rings. The minimum absolute atomic E-state index is 0.768. The number of para-hydroxylation sites is 1. The molecule has 1 heterocycles. The van der Waals surface area contributed by atoms with Crippen LogP contribution in [-0.4, -0.2) is 4.98 Å². The molecule has 1 heteroatoms. The quantitative estimate of drug-likeness (QED) is 0.544. The highest BCUT2D eigenvalue weighted by Crippen LogP contribution is 2.33. The van der Waals surface area contributed by atoms with Crippen LogP contribution in [0, 0.1) is 6.92 Å². The third-order valence-corrected chi connectivity index (χ3v) is 5.21. The normalized spacial score (nSPS) is 15.9. The Labute approximate surface area is 138 Å². The molecule has 0 amide bonds. The molecule has 0 atom stereocenters. The number of rotatable bonds is 2. The van der Waals surface area contributed by atoms with Gasteiger partial charge in [0.2, 0.25) is 0 Å². The van der Waals surface area contributed by atoms with Crippen LogP contribution < -0.4 is 0 Å². The zero-order chi connectivity index (χ0) is 15.6. The van der Waals surface area contributed by atoms with E-state index in [1.165, 1.54) is 54.2 Å². The van der Waals surface area contributed by atoms with Crippen LogP contribution in [0.5, 0.6) is 0 Å². The monoisotopic (exact) mass is 301 g/mol. The van der Waals surface area contributed by atoms with Gasteiger partial charge in [0, 0.05) is 10.9 Å². The Morgan fingerprint density at radius 3 is 2.39 bits per heavy atom. The van der Waals surface area contributed by atoms with E-state index in [1.807, 2.05) is 0 Å². The van der Waals surface area contributed by atoms with E-state index in [0.29, 0.717) is 0 Å². The van der Waals surface area contributed by atoms with Gasteiger partial charge < -0.3 is 0 Å². The van der Waals surface area contributed by atoms with Gasteiger partial charge in [-0.25, -0.2) is 4.98 Å². The van der Waals surface area contributed by atoms with Gasteiger partial charge in [-0.2, -0.15) is 0 Å². The fourth-order valence-electron chi connectivity index (χ4n) is 3.86. The summed E-state index contributed by atoms with van der Waals surface area (Å²) in [7, 11) is 0. The molecule has 1 aromatic heterocycles. The molecule has 0 radical (unpaired) electrons. The van der Waals surface area contributed by atoms with Gasteiger partial charge in [0.15, 0.2) is 0 Å². The number of aromatic nitrogens is 1. The van der Waals surface area contributed by atoms with Crippen LogP contribution in [0.25, 0.3) is 22.2 Å². The molecular formula is C22H23N. The van der Waals surface area contributed by atoms with Gasteiger partial charge in [-0.15, -0.1) is 0 Å². The van der Waals surface area contributed by atoms with Crippen molar-refractivity contribution in [2.24, 2.45) is 0 Å². The first kappa shape index (κ1) is 14.4. The lowest BCUT2D eigenvalue weighted by Gasteiger charge is -2.22. The zero-order valence-corrected chi connectivity index (χ0v) is 13.8. The van der Waals surface area contributed by atoms with Crippen molar-refractivity contribution >= 4 is 10.9 Å². The molecule has 3 aromatic rings. The van der Waals surface area contributed by atoms with Crippen molar-refractivity contribution in [1.82, 2.24) is 4.98 Å². The van der Waals surface area contributed by atoms with Crippen LogP contribution in [0.4, 0.5) is 0 Å². The lowest BCUT2D eigenvalue weighted by Crippen LogP contribution is -2.04. The summed E-state index contributed by atoms with van der Waals surface area (Å²) in [5, 5.41) is 1.25. The molecule has 0 N–H and O–H groups in total. The molecule has 4 rings (SSSR count). The topological polar surface area (TPSA) is 12.9 Å². The number of fused-ring (bicyclic) bond motifs is 1. The van der Waals surface area contributed by atoms with E-state index in [2.05, 4.69) is 61.5 Å². The average Bonchev–Trinajstić information content (AvgIpc) is 2.63. The van der Waals surface area contributed by atoms with E-state index in [-0.39, 0.29) is 0 Å². The van der Waals surface area contributed by atoms with Crippen LogP contribution in [0.2, 0.25) is 0 Å². The summed E-state index contributed by atoms with van der Waals surface area (Å²) >= 11 is 0. The Morgan fingerprint density at radius 2 is 1.61 bits per heavy atom. The fraction of sp³-hybridized carbons (Fsp3) is 0.318. The molecule has 0 bridgehead atoms. The molecule has 0 spiro atoms. The SMILES string of the molecule is Cc1cc(-c2ccc(C3CCCCC3)cc2)nc2ccccc12. The van der Waals surface area contributed by atoms with E-state index in [1.54, 1.807) is 0 Å². The third kappa shape index (κ3) is 2.88. The Morgan fingerprint density at radius 1 is 0.870 bits per heavy atom. The van der Waals surface area contributed by atoms with Crippen molar-refractivity contribution in [3.8, 4) is 11.3 Å². The van der Waals surface area contributed by atoms with Crippen LogP contribution >= 0.6 is 0 Å². The van der Waals surface area contributed by atoms with E-state index in [9.17, 15) is 0 Å². The molecule has 0 unspecified atom stereocenters. The standard InChI is InChI=1S/C22H23N/c1-16-15-22(23-21-10-6-5-9-20(16)21)19-13-11-18(12-14-19)17-7-3-2-4-8-17/h5-6,9-15,17H,2-4,7-8H2,1H3. The smallest absolute Gasteiger partial charge is 0.0712 e. The van der Waals surface area contributed by atoms with Crippen molar-refractivity contribution in [3.63, 3.8) is 0 Å². The first-order valence-corrected chi connectivity index (χ1v) is 8.78. The Kier molecular flexibility index (Phi) is 3.87. The third-order valence-electron chi connectivity index (χ3n) is 5.21. The largest absolute Gasteiger partial charge is 0.248 e. The number of hydrogen-bond acceptors (Lipinski definition) is 1. The van der Waals surface area contributed by atoms with E-state index in [4.69, 9.17) is 4.98 Å². The van der Waals surface area contributed by atoms with Gasteiger partial charge in [-0.3, -0.25) is 0 Å². The lowest BCUT2D eigenvalue weighted by molar-refractivity contribution is 0.443. The maximum Gasteiger partial charge on any atom is 0.0712 e. The van der Waals surface area contributed by atoms with Gasteiger partial charge in [0.25, 0.3) is 0 Å². The van der Waals surface area contributed by atoms with Crippen molar-refractivity contribution in [3.05, 3.63) is 65.7 Å². The first-order valence-electron chi connectivity index (χ1n) is 8.78. The van der Waals surface area contributed by atoms with Crippen molar-refractivity contribution in [2.45, 2.75) is 44.9 Å². The highest BCUT2D eigenvalue weighted by atomic mass is 14.7. The number of nitrogens with zero attached hydrogens (tertiary/aromatic N) is 1. The van der Waals surface area contributed by atoms with Crippen LogP contribution in [-0.2, 0) is 0 Å². The molecule has 116 valence electrons. The van der Waals surface area contributed by atoms with Gasteiger partial charge in [-0.1, -0.05) is 61.7 Å². The Hall–Kier alpha value is -2.15. The number of pyridine rings is 1. The molecule has 23 heavy (non-hydrogen) atoms. The van der Waals surface area contributed by atoms with Crippen molar-refractivity contribution in [2.75, 3.05) is 0 Å². The number of aryl methyl sites for hydroxylation is 1.